The zero-order valence-electron chi connectivity index (χ0n) is 19.0. The molecule has 3 rings (SSSR count). The predicted molar refractivity (Wildman–Crippen MR) is 129 cm³/mol. The molecule has 0 aliphatic carbocycles. The van der Waals surface area contributed by atoms with E-state index in [2.05, 4.69) is 0 Å². The second-order valence-corrected chi connectivity index (χ2v) is 7.53. The quantitative estimate of drug-likeness (QED) is 0.326. The summed E-state index contributed by atoms with van der Waals surface area (Å²) in [6.45, 7) is 1.24. The predicted octanol–water partition coefficient (Wildman–Crippen LogP) is 5.21. The average Bonchev–Trinajstić information content (AvgIpc) is 2.82. The van der Waals surface area contributed by atoms with Crippen molar-refractivity contribution in [2.75, 3.05) is 41.5 Å². The van der Waals surface area contributed by atoms with Crippen molar-refractivity contribution in [1.29, 1.82) is 0 Å². The van der Waals surface area contributed by atoms with E-state index in [9.17, 15) is 4.79 Å². The lowest BCUT2D eigenvalue weighted by Crippen LogP contribution is -2.20. The maximum Gasteiger partial charge on any atom is 0.189 e. The van der Waals surface area contributed by atoms with Crippen LogP contribution in [0.2, 0.25) is 0 Å². The minimum absolute atomic E-state index is 0.127. The van der Waals surface area contributed by atoms with Crippen molar-refractivity contribution >= 4 is 11.9 Å². The lowest BCUT2D eigenvalue weighted by molar-refractivity contribution is 0.104. The largest absolute Gasteiger partial charge is 0.497 e. The molecule has 0 bridgehead atoms. The van der Waals surface area contributed by atoms with E-state index in [1.165, 1.54) is 0 Å². The number of para-hydroxylation sites is 1. The molecule has 5 nitrogen and oxygen atoms in total. The van der Waals surface area contributed by atoms with Crippen LogP contribution in [0.1, 0.15) is 15.9 Å². The summed E-state index contributed by atoms with van der Waals surface area (Å²) in [6.07, 6.45) is 3.36. The Morgan fingerprint density at radius 1 is 0.906 bits per heavy atom. The first kappa shape index (κ1) is 23.1. The number of rotatable bonds is 10. The molecule has 0 N–H and O–H groups in total. The van der Waals surface area contributed by atoms with Gasteiger partial charge in [0.05, 0.1) is 19.8 Å². The summed E-state index contributed by atoms with van der Waals surface area (Å²) in [5.74, 6) is 1.96. The second kappa shape index (κ2) is 11.2. The van der Waals surface area contributed by atoms with Gasteiger partial charge < -0.3 is 19.1 Å². The minimum atomic E-state index is -0.127. The van der Waals surface area contributed by atoms with E-state index in [0.717, 1.165) is 34.7 Å². The van der Waals surface area contributed by atoms with Gasteiger partial charge in [-0.2, -0.15) is 0 Å². The highest BCUT2D eigenvalue weighted by molar-refractivity contribution is 6.09. The van der Waals surface area contributed by atoms with Crippen molar-refractivity contribution in [3.05, 3.63) is 83.9 Å². The normalized spacial score (nSPS) is 11.0. The number of likely N-dealkylation sites (N-methyl/N-ethyl adjacent to an activating group) is 1. The van der Waals surface area contributed by atoms with E-state index in [1.54, 1.807) is 26.4 Å². The number of carbonyl (C=O) groups is 1. The van der Waals surface area contributed by atoms with Crippen LogP contribution >= 0.6 is 0 Å². The fourth-order valence-electron chi connectivity index (χ4n) is 3.21. The Hall–Kier alpha value is -3.57. The number of methoxy groups -OCH3 is 2. The van der Waals surface area contributed by atoms with Gasteiger partial charge >= 0.3 is 0 Å². The summed E-state index contributed by atoms with van der Waals surface area (Å²) in [6, 6.07) is 21.0. The van der Waals surface area contributed by atoms with Crippen LogP contribution in [0.15, 0.2) is 72.8 Å². The highest BCUT2D eigenvalue weighted by Gasteiger charge is 2.14. The van der Waals surface area contributed by atoms with Crippen LogP contribution in [0.25, 0.3) is 17.2 Å². The van der Waals surface area contributed by atoms with Crippen LogP contribution in [0, 0.1) is 0 Å². The Kier molecular flexibility index (Phi) is 8.06. The third-order valence-corrected chi connectivity index (χ3v) is 5.00. The topological polar surface area (TPSA) is 48.0 Å². The average molecular weight is 432 g/mol. The molecule has 0 radical (unpaired) electrons. The van der Waals surface area contributed by atoms with Gasteiger partial charge in [-0.15, -0.1) is 0 Å². The molecule has 0 spiro atoms. The number of ether oxygens (including phenoxy) is 3. The third-order valence-electron chi connectivity index (χ3n) is 5.00. The van der Waals surface area contributed by atoms with E-state index >= 15 is 0 Å². The standard InChI is InChI=1S/C27H29NO4/c1-28(2)17-18-32-27-16-12-21(23-7-5-6-8-26(23)31-4)19-24(27)25(29)15-11-20-9-13-22(30-3)14-10-20/h5-16,19H,17-18H2,1-4H3/b15-11+. The van der Waals surface area contributed by atoms with Crippen LogP contribution in [-0.4, -0.2) is 52.1 Å². The summed E-state index contributed by atoms with van der Waals surface area (Å²) >= 11 is 0. The highest BCUT2D eigenvalue weighted by atomic mass is 16.5. The summed E-state index contributed by atoms with van der Waals surface area (Å²) in [7, 11) is 7.23. The minimum Gasteiger partial charge on any atom is -0.497 e. The Balaban J connectivity index is 1.93. The molecule has 3 aromatic carbocycles. The third kappa shape index (κ3) is 5.99. The van der Waals surface area contributed by atoms with Crippen molar-refractivity contribution in [2.24, 2.45) is 0 Å². The summed E-state index contributed by atoms with van der Waals surface area (Å²) < 4.78 is 16.6. The fourth-order valence-corrected chi connectivity index (χ4v) is 3.21. The number of ketones is 1. The van der Waals surface area contributed by atoms with Gasteiger partial charge in [-0.25, -0.2) is 0 Å². The Labute approximate surface area is 189 Å². The van der Waals surface area contributed by atoms with Crippen molar-refractivity contribution in [2.45, 2.75) is 0 Å². The van der Waals surface area contributed by atoms with Gasteiger partial charge in [-0.1, -0.05) is 42.5 Å². The number of hydrogen-bond acceptors (Lipinski definition) is 5. The number of hydrogen-bond donors (Lipinski definition) is 0. The molecule has 0 fully saturated rings. The molecule has 0 atom stereocenters. The van der Waals surface area contributed by atoms with Gasteiger partial charge in [-0.3, -0.25) is 4.79 Å². The van der Waals surface area contributed by atoms with Gasteiger partial charge in [0.2, 0.25) is 0 Å². The first-order chi connectivity index (χ1) is 15.5. The van der Waals surface area contributed by atoms with E-state index < -0.39 is 0 Å². The molecule has 0 heterocycles. The molecule has 0 amide bonds. The van der Waals surface area contributed by atoms with Crippen LogP contribution in [0.5, 0.6) is 17.2 Å². The van der Waals surface area contributed by atoms with Crippen LogP contribution in [0.4, 0.5) is 0 Å². The Bertz CT molecular complexity index is 1070. The highest BCUT2D eigenvalue weighted by Crippen LogP contribution is 2.33. The Morgan fingerprint density at radius 2 is 1.66 bits per heavy atom. The summed E-state index contributed by atoms with van der Waals surface area (Å²) in [4.78, 5) is 15.2. The van der Waals surface area contributed by atoms with Crippen LogP contribution in [0.3, 0.4) is 0 Å². The van der Waals surface area contributed by atoms with E-state index in [4.69, 9.17) is 14.2 Å². The van der Waals surface area contributed by atoms with Gasteiger partial charge in [0.25, 0.3) is 0 Å². The molecular formula is C27H29NO4. The van der Waals surface area contributed by atoms with Crippen molar-refractivity contribution in [1.82, 2.24) is 4.90 Å². The lowest BCUT2D eigenvalue weighted by Gasteiger charge is -2.15. The molecule has 0 unspecified atom stereocenters. The monoisotopic (exact) mass is 431 g/mol. The zero-order chi connectivity index (χ0) is 22.9. The molecule has 0 aliphatic heterocycles. The maximum absolute atomic E-state index is 13.2. The molecule has 0 aromatic heterocycles. The van der Waals surface area contributed by atoms with Gasteiger partial charge in [0.15, 0.2) is 5.78 Å². The number of allylic oxidation sites excluding steroid dienone is 1. The van der Waals surface area contributed by atoms with Crippen LogP contribution < -0.4 is 14.2 Å². The summed E-state index contributed by atoms with van der Waals surface area (Å²) in [5.41, 5.74) is 3.23. The first-order valence-corrected chi connectivity index (χ1v) is 10.4. The first-order valence-electron chi connectivity index (χ1n) is 10.4. The molecular weight excluding hydrogens is 402 g/mol. The Morgan fingerprint density at radius 3 is 2.34 bits per heavy atom. The van der Waals surface area contributed by atoms with Gasteiger partial charge in [0, 0.05) is 12.1 Å². The molecule has 3 aromatic rings. The van der Waals surface area contributed by atoms with Crippen LogP contribution in [-0.2, 0) is 0 Å². The number of nitrogens with zero attached hydrogens (tertiary/aromatic N) is 1. The molecule has 0 aliphatic rings. The van der Waals surface area contributed by atoms with E-state index in [1.807, 2.05) is 85.7 Å². The number of benzene rings is 3. The zero-order valence-corrected chi connectivity index (χ0v) is 19.0. The summed E-state index contributed by atoms with van der Waals surface area (Å²) in [5, 5.41) is 0. The molecule has 32 heavy (non-hydrogen) atoms. The smallest absolute Gasteiger partial charge is 0.189 e. The van der Waals surface area contributed by atoms with Crippen molar-refractivity contribution < 1.29 is 19.0 Å². The number of carbonyl (C=O) groups excluding carboxylic acids is 1. The van der Waals surface area contributed by atoms with E-state index in [-0.39, 0.29) is 5.78 Å². The molecule has 166 valence electrons. The maximum atomic E-state index is 13.2. The van der Waals surface area contributed by atoms with Crippen molar-refractivity contribution in [3.63, 3.8) is 0 Å². The van der Waals surface area contributed by atoms with Gasteiger partial charge in [0.1, 0.15) is 23.9 Å². The molecule has 0 saturated heterocycles. The lowest BCUT2D eigenvalue weighted by atomic mass is 9.99. The molecule has 0 saturated carbocycles. The molecule has 5 heteroatoms. The van der Waals surface area contributed by atoms with Crippen molar-refractivity contribution in [3.8, 4) is 28.4 Å². The van der Waals surface area contributed by atoms with E-state index in [0.29, 0.717) is 17.9 Å². The second-order valence-electron chi connectivity index (χ2n) is 7.53. The van der Waals surface area contributed by atoms with Gasteiger partial charge in [-0.05, 0) is 61.6 Å². The fraction of sp³-hybridized carbons (Fsp3) is 0.222. The SMILES string of the molecule is COc1ccc(/C=C/C(=O)c2cc(-c3ccccc3OC)ccc2OCCN(C)C)cc1.